The Morgan fingerprint density at radius 3 is 1.18 bits per heavy atom. The molecule has 0 amide bonds. The molecule has 0 saturated heterocycles. The molecule has 0 heterocycles. The average molecular weight is 527 g/mol. The van der Waals surface area contributed by atoms with Gasteiger partial charge in [-0.2, -0.15) is 0 Å². The van der Waals surface area contributed by atoms with Gasteiger partial charge in [0.2, 0.25) is 0 Å². The number of aromatic hydroxyl groups is 2. The summed E-state index contributed by atoms with van der Waals surface area (Å²) in [6, 6.07) is 8.35. The number of phenolic OH excluding ortho intramolecular Hbond substituents is 2. The second-order valence-corrected chi connectivity index (χ2v) is 13.5. The van der Waals surface area contributed by atoms with Crippen LogP contribution in [0.25, 0.3) is 0 Å². The lowest BCUT2D eigenvalue weighted by Crippen LogP contribution is -2.13. The first-order chi connectivity index (χ1) is 17.6. The molecular weight excluding hydrogens is 472 g/mol. The number of aliphatic hydroxyl groups is 2. The van der Waals surface area contributed by atoms with Crippen LogP contribution in [0.5, 0.6) is 11.5 Å². The second-order valence-electron chi connectivity index (χ2n) is 13.5. The van der Waals surface area contributed by atoms with E-state index in [2.05, 4.69) is 65.8 Å². The Hall–Kier alpha value is -2.04. The lowest BCUT2D eigenvalue weighted by Gasteiger charge is -2.23. The summed E-state index contributed by atoms with van der Waals surface area (Å²) in [7, 11) is 0. The highest BCUT2D eigenvalue weighted by Gasteiger charge is 2.21. The maximum absolute atomic E-state index is 10.4. The number of aryl methyl sites for hydroxylation is 4. The van der Waals surface area contributed by atoms with Gasteiger partial charge in [0.05, 0.1) is 12.2 Å². The molecule has 0 aliphatic rings. The molecule has 4 heteroatoms. The van der Waals surface area contributed by atoms with Crippen LogP contribution in [-0.2, 0) is 23.7 Å². The van der Waals surface area contributed by atoms with Gasteiger partial charge in [0, 0.05) is 0 Å². The fraction of sp³-hybridized carbons (Fsp3) is 0.647. The minimum absolute atomic E-state index is 0.102. The molecule has 38 heavy (non-hydrogen) atoms. The summed E-state index contributed by atoms with van der Waals surface area (Å²) in [5.74, 6) is 0.794. The van der Waals surface area contributed by atoms with E-state index in [1.54, 1.807) is 0 Å². The quantitative estimate of drug-likeness (QED) is 0.200. The summed E-state index contributed by atoms with van der Waals surface area (Å²) >= 11 is 0. The number of aliphatic hydroxyl groups excluding tert-OH is 2. The van der Waals surface area contributed by atoms with Crippen molar-refractivity contribution in [1.82, 2.24) is 0 Å². The molecule has 0 radical (unpaired) electrons. The van der Waals surface area contributed by atoms with E-state index in [0.29, 0.717) is 11.5 Å². The Morgan fingerprint density at radius 1 is 0.553 bits per heavy atom. The van der Waals surface area contributed by atoms with Crippen LogP contribution in [0.2, 0.25) is 0 Å². The highest BCUT2D eigenvalue weighted by Crippen LogP contribution is 2.35. The monoisotopic (exact) mass is 526 g/mol. The molecular formula is C34H54O4. The average Bonchev–Trinajstić information content (AvgIpc) is 2.79. The SMILES string of the molecule is Cc1cc(CCCC(O)CCCCC(O)CCCc2cc(C)c(O)c(C(C)(C)C)c2)cc(C(C)(C)C)c1O. The standard InChI is InChI=1S/C34H54O4/c1-23-19-25(21-29(31(23)37)33(3,4)5)13-11-17-27(35)15-9-10-16-28(36)18-12-14-26-20-24(2)32(38)30(22-26)34(6,7)8/h19-22,27-28,35-38H,9-18H2,1-8H3. The number of hydrogen-bond donors (Lipinski definition) is 4. The molecule has 0 aromatic heterocycles. The largest absolute Gasteiger partial charge is 0.507 e. The lowest BCUT2D eigenvalue weighted by atomic mass is 9.83. The fourth-order valence-corrected chi connectivity index (χ4v) is 5.27. The van der Waals surface area contributed by atoms with Crippen molar-refractivity contribution in [2.75, 3.05) is 0 Å². The Balaban J connectivity index is 1.66. The van der Waals surface area contributed by atoms with Gasteiger partial charge in [-0.05, 0) is 109 Å². The molecule has 2 rings (SSSR count). The number of rotatable bonds is 13. The van der Waals surface area contributed by atoms with E-state index in [4.69, 9.17) is 0 Å². The lowest BCUT2D eigenvalue weighted by molar-refractivity contribution is 0.133. The summed E-state index contributed by atoms with van der Waals surface area (Å²) < 4.78 is 0. The normalized spacial score (nSPS) is 14.1. The molecule has 0 aliphatic heterocycles. The molecule has 2 aromatic carbocycles. The van der Waals surface area contributed by atoms with Gasteiger partial charge in [-0.1, -0.05) is 78.6 Å². The van der Waals surface area contributed by atoms with Crippen molar-refractivity contribution >= 4 is 0 Å². The van der Waals surface area contributed by atoms with Crippen molar-refractivity contribution in [2.24, 2.45) is 0 Å². The van der Waals surface area contributed by atoms with Crippen molar-refractivity contribution in [3.05, 3.63) is 57.6 Å². The number of unbranched alkanes of at least 4 members (excludes halogenated alkanes) is 1. The minimum atomic E-state index is -0.304. The Morgan fingerprint density at radius 2 is 0.868 bits per heavy atom. The number of phenols is 2. The molecule has 0 bridgehead atoms. The predicted molar refractivity (Wildman–Crippen MR) is 159 cm³/mol. The van der Waals surface area contributed by atoms with E-state index in [-0.39, 0.29) is 23.0 Å². The van der Waals surface area contributed by atoms with E-state index in [9.17, 15) is 20.4 Å². The van der Waals surface area contributed by atoms with Gasteiger partial charge in [-0.3, -0.25) is 0 Å². The molecule has 2 unspecified atom stereocenters. The Kier molecular flexibility index (Phi) is 11.7. The second kappa shape index (κ2) is 13.8. The third kappa shape index (κ3) is 9.93. The van der Waals surface area contributed by atoms with E-state index in [1.165, 1.54) is 11.1 Å². The van der Waals surface area contributed by atoms with Crippen LogP contribution in [0, 0.1) is 13.8 Å². The van der Waals surface area contributed by atoms with Crippen LogP contribution < -0.4 is 0 Å². The van der Waals surface area contributed by atoms with Crippen LogP contribution in [0.4, 0.5) is 0 Å². The summed E-state index contributed by atoms with van der Waals surface area (Å²) in [6.07, 6.45) is 7.99. The maximum Gasteiger partial charge on any atom is 0.122 e. The minimum Gasteiger partial charge on any atom is -0.507 e. The smallest absolute Gasteiger partial charge is 0.122 e. The van der Waals surface area contributed by atoms with E-state index >= 15 is 0 Å². The van der Waals surface area contributed by atoms with Crippen LogP contribution in [-0.4, -0.2) is 32.6 Å². The highest BCUT2D eigenvalue weighted by molar-refractivity contribution is 5.47. The summed E-state index contributed by atoms with van der Waals surface area (Å²) in [6.45, 7) is 16.6. The van der Waals surface area contributed by atoms with Crippen molar-refractivity contribution in [3.63, 3.8) is 0 Å². The van der Waals surface area contributed by atoms with Crippen molar-refractivity contribution in [1.29, 1.82) is 0 Å². The zero-order valence-corrected chi connectivity index (χ0v) is 25.3. The van der Waals surface area contributed by atoms with E-state index < -0.39 is 0 Å². The van der Waals surface area contributed by atoms with Gasteiger partial charge in [-0.25, -0.2) is 0 Å². The molecule has 0 fully saturated rings. The first-order valence-corrected chi connectivity index (χ1v) is 14.6. The molecule has 4 N–H and O–H groups in total. The van der Waals surface area contributed by atoms with Gasteiger partial charge in [0.25, 0.3) is 0 Å². The Labute approximate surface area is 232 Å². The maximum atomic E-state index is 10.4. The van der Waals surface area contributed by atoms with Gasteiger partial charge in [0.15, 0.2) is 0 Å². The van der Waals surface area contributed by atoms with Gasteiger partial charge >= 0.3 is 0 Å². The number of benzene rings is 2. The van der Waals surface area contributed by atoms with E-state index in [0.717, 1.165) is 86.5 Å². The topological polar surface area (TPSA) is 80.9 Å². The third-order valence-corrected chi connectivity index (χ3v) is 7.67. The van der Waals surface area contributed by atoms with Gasteiger partial charge in [0.1, 0.15) is 11.5 Å². The molecule has 2 atom stereocenters. The fourth-order valence-electron chi connectivity index (χ4n) is 5.27. The highest BCUT2D eigenvalue weighted by atomic mass is 16.3. The molecule has 0 spiro atoms. The zero-order valence-electron chi connectivity index (χ0n) is 25.3. The van der Waals surface area contributed by atoms with Crippen molar-refractivity contribution < 1.29 is 20.4 Å². The van der Waals surface area contributed by atoms with Crippen molar-refractivity contribution in [3.8, 4) is 11.5 Å². The van der Waals surface area contributed by atoms with E-state index in [1.807, 2.05) is 13.8 Å². The first kappa shape index (κ1) is 32.2. The molecule has 214 valence electrons. The summed E-state index contributed by atoms with van der Waals surface area (Å²) in [5, 5.41) is 41.7. The molecule has 0 saturated carbocycles. The van der Waals surface area contributed by atoms with Crippen LogP contribution in [0.15, 0.2) is 24.3 Å². The summed E-state index contributed by atoms with van der Waals surface area (Å²) in [5.41, 5.74) is 6.04. The summed E-state index contributed by atoms with van der Waals surface area (Å²) in [4.78, 5) is 0. The zero-order chi connectivity index (χ0) is 28.7. The van der Waals surface area contributed by atoms with Gasteiger partial charge in [-0.15, -0.1) is 0 Å². The molecule has 0 aliphatic carbocycles. The number of hydrogen-bond acceptors (Lipinski definition) is 4. The van der Waals surface area contributed by atoms with Crippen LogP contribution in [0.3, 0.4) is 0 Å². The van der Waals surface area contributed by atoms with Crippen LogP contribution in [0.1, 0.15) is 126 Å². The van der Waals surface area contributed by atoms with Gasteiger partial charge < -0.3 is 20.4 Å². The third-order valence-electron chi connectivity index (χ3n) is 7.67. The molecule has 2 aromatic rings. The molecule has 4 nitrogen and oxygen atoms in total. The predicted octanol–water partition coefficient (Wildman–Crippen LogP) is 7.94. The first-order valence-electron chi connectivity index (χ1n) is 14.6. The Bertz CT molecular complexity index is 943. The van der Waals surface area contributed by atoms with Crippen molar-refractivity contribution in [2.45, 2.75) is 143 Å². The van der Waals surface area contributed by atoms with Crippen LogP contribution >= 0.6 is 0 Å².